The highest BCUT2D eigenvalue weighted by atomic mass is 19.4. The van der Waals surface area contributed by atoms with Gasteiger partial charge in [-0.2, -0.15) is 18.3 Å². The summed E-state index contributed by atoms with van der Waals surface area (Å²) in [6.45, 7) is 6.96. The van der Waals surface area contributed by atoms with Crippen molar-refractivity contribution < 1.29 is 32.3 Å². The van der Waals surface area contributed by atoms with Gasteiger partial charge in [-0.05, 0) is 67.8 Å². The van der Waals surface area contributed by atoms with Crippen LogP contribution in [0.1, 0.15) is 45.6 Å². The topological polar surface area (TPSA) is 109 Å². The summed E-state index contributed by atoms with van der Waals surface area (Å²) < 4.78 is 47.6. The number of amides is 3. The van der Waals surface area contributed by atoms with Crippen molar-refractivity contribution in [3.05, 3.63) is 107 Å². The van der Waals surface area contributed by atoms with Crippen LogP contribution in [0.25, 0.3) is 5.69 Å². The molecule has 1 fully saturated rings. The minimum absolute atomic E-state index is 0.228. The molecule has 0 radical (unpaired) electrons. The number of carbonyl (C=O) groups excluding carboxylic acids is 3. The molecule has 0 saturated carbocycles. The number of alkyl halides is 3. The van der Waals surface area contributed by atoms with Crippen LogP contribution in [0.15, 0.2) is 78.9 Å². The van der Waals surface area contributed by atoms with E-state index >= 15 is 0 Å². The minimum Gasteiger partial charge on any atom is -0.379 e. The van der Waals surface area contributed by atoms with Gasteiger partial charge in [-0.15, -0.1) is 0 Å². The molecular weight excluding hydrogens is 649 g/mol. The second-order valence-corrected chi connectivity index (χ2v) is 11.9. The Kier molecular flexibility index (Phi) is 10.0. The molecule has 2 N–H and O–H groups in total. The van der Waals surface area contributed by atoms with Crippen molar-refractivity contribution in [3.63, 3.8) is 0 Å². The van der Waals surface area contributed by atoms with Crippen LogP contribution in [-0.2, 0) is 20.5 Å². The van der Waals surface area contributed by atoms with E-state index in [0.717, 1.165) is 31.3 Å². The number of rotatable bonds is 7. The third kappa shape index (κ3) is 7.27. The first-order chi connectivity index (χ1) is 24.0. The quantitative estimate of drug-likeness (QED) is 0.272. The maximum absolute atomic E-state index is 14.4. The van der Waals surface area contributed by atoms with E-state index in [2.05, 4.69) is 27.4 Å². The van der Waals surface area contributed by atoms with E-state index in [1.165, 1.54) is 11.0 Å². The number of halogens is 3. The smallest absolute Gasteiger partial charge is 0.379 e. The molecule has 3 amide bonds. The molecule has 0 aliphatic carbocycles. The van der Waals surface area contributed by atoms with Gasteiger partial charge in [-0.3, -0.25) is 24.2 Å². The number of aromatic nitrogens is 2. The second-order valence-electron chi connectivity index (χ2n) is 11.9. The standard InChI is InChI=1S/C37H35F3N6O4/c1-3-45-35-31(24(2)43-46(35)29-14-5-4-6-15-29)32(33(36(45)49)42-34(48)26-11-7-12-27(22-26)37(38,39)40)25-10-8-13-28(23-25)41-30(47)16-9-17-44-18-20-50-21-19-44/h4-8,10-15,22-23,32-33H,3,17-21H2,1-2H3,(H,41,47)(H,42,48)/t32-,33+/m1/s1. The number of nitrogens with zero attached hydrogens (tertiary/aromatic N) is 4. The molecule has 1 aromatic heterocycles. The van der Waals surface area contributed by atoms with Gasteiger partial charge >= 0.3 is 6.18 Å². The van der Waals surface area contributed by atoms with Gasteiger partial charge in [0.15, 0.2) is 0 Å². The fraction of sp³-hybridized carbons (Fsp3) is 0.297. The van der Waals surface area contributed by atoms with Crippen LogP contribution in [0.5, 0.6) is 0 Å². The molecule has 6 rings (SSSR count). The number of morpholine rings is 1. The highest BCUT2D eigenvalue weighted by molar-refractivity contribution is 6.06. The number of benzene rings is 3. The van der Waals surface area contributed by atoms with E-state index in [1.54, 1.807) is 42.8 Å². The SMILES string of the molecule is CCN1C(=O)[C@@H](NC(=O)c2cccc(C(F)(F)F)c2)[C@H](c2cccc(NC(=O)C#CCN3CCOCC3)c2)c2c(C)nn(-c3ccccc3)c21. The number of anilines is 2. The largest absolute Gasteiger partial charge is 0.416 e. The molecule has 2 aliphatic heterocycles. The molecule has 13 heteroatoms. The van der Waals surface area contributed by atoms with Gasteiger partial charge in [-0.25, -0.2) is 4.68 Å². The molecular formula is C37H35F3N6O4. The number of ether oxygens (including phenoxy) is 1. The van der Waals surface area contributed by atoms with Crippen LogP contribution in [0, 0.1) is 18.8 Å². The van der Waals surface area contributed by atoms with E-state index in [0.29, 0.717) is 53.8 Å². The summed E-state index contributed by atoms with van der Waals surface area (Å²) in [5, 5.41) is 10.4. The van der Waals surface area contributed by atoms with Gasteiger partial charge in [0.25, 0.3) is 17.7 Å². The Morgan fingerprint density at radius 1 is 1.00 bits per heavy atom. The summed E-state index contributed by atoms with van der Waals surface area (Å²) in [6, 6.07) is 19.0. The Labute approximate surface area is 287 Å². The van der Waals surface area contributed by atoms with Gasteiger partial charge in [-0.1, -0.05) is 42.3 Å². The van der Waals surface area contributed by atoms with Crippen molar-refractivity contribution in [3.8, 4) is 17.5 Å². The first kappa shape index (κ1) is 34.4. The van der Waals surface area contributed by atoms with E-state index in [4.69, 9.17) is 9.84 Å². The second kappa shape index (κ2) is 14.6. The molecule has 2 aliphatic rings. The Balaban J connectivity index is 1.38. The number of hydrogen-bond donors (Lipinski definition) is 2. The Morgan fingerprint density at radius 2 is 1.74 bits per heavy atom. The van der Waals surface area contributed by atoms with Crippen molar-refractivity contribution in [1.82, 2.24) is 20.0 Å². The zero-order valence-corrected chi connectivity index (χ0v) is 27.5. The van der Waals surface area contributed by atoms with E-state index in [1.807, 2.05) is 30.3 Å². The van der Waals surface area contributed by atoms with E-state index in [-0.39, 0.29) is 12.1 Å². The van der Waals surface area contributed by atoms with Crippen LogP contribution in [0.3, 0.4) is 0 Å². The fourth-order valence-electron chi connectivity index (χ4n) is 6.32. The lowest BCUT2D eigenvalue weighted by molar-refractivity contribution is -0.137. The van der Waals surface area contributed by atoms with Gasteiger partial charge in [0.05, 0.1) is 36.7 Å². The Morgan fingerprint density at radius 3 is 2.46 bits per heavy atom. The van der Waals surface area contributed by atoms with Gasteiger partial charge < -0.3 is 15.4 Å². The fourth-order valence-corrected chi connectivity index (χ4v) is 6.32. The number of para-hydroxylation sites is 1. The molecule has 0 unspecified atom stereocenters. The van der Waals surface area contributed by atoms with Crippen molar-refractivity contribution in [2.75, 3.05) is 49.6 Å². The summed E-state index contributed by atoms with van der Waals surface area (Å²) in [4.78, 5) is 44.4. The van der Waals surface area contributed by atoms with Crippen LogP contribution in [-0.4, -0.2) is 77.8 Å². The molecule has 3 aromatic carbocycles. The van der Waals surface area contributed by atoms with Crippen LogP contribution in [0.2, 0.25) is 0 Å². The number of carbonyl (C=O) groups is 3. The first-order valence-corrected chi connectivity index (χ1v) is 16.2. The summed E-state index contributed by atoms with van der Waals surface area (Å²) >= 11 is 0. The average molecular weight is 685 g/mol. The third-order valence-corrected chi connectivity index (χ3v) is 8.68. The predicted octanol–water partition coefficient (Wildman–Crippen LogP) is 4.77. The Hall–Kier alpha value is -5.45. The number of likely N-dealkylation sites (N-methyl/N-ethyl adjacent to an activating group) is 1. The maximum Gasteiger partial charge on any atom is 0.416 e. The predicted molar refractivity (Wildman–Crippen MR) is 181 cm³/mol. The van der Waals surface area contributed by atoms with Crippen LogP contribution >= 0.6 is 0 Å². The average Bonchev–Trinajstić information content (AvgIpc) is 3.45. The molecule has 10 nitrogen and oxygen atoms in total. The molecule has 1 saturated heterocycles. The zero-order chi connectivity index (χ0) is 35.4. The van der Waals surface area contributed by atoms with Crippen molar-refractivity contribution in [2.45, 2.75) is 32.0 Å². The van der Waals surface area contributed by atoms with Gasteiger partial charge in [0.1, 0.15) is 11.9 Å². The number of aryl methyl sites for hydroxylation is 1. The van der Waals surface area contributed by atoms with Gasteiger partial charge in [0.2, 0.25) is 0 Å². The molecule has 2 atom stereocenters. The highest BCUT2D eigenvalue weighted by Crippen LogP contribution is 2.44. The summed E-state index contributed by atoms with van der Waals surface area (Å²) in [7, 11) is 0. The van der Waals surface area contributed by atoms with Crippen LogP contribution in [0.4, 0.5) is 24.7 Å². The maximum atomic E-state index is 14.4. The lowest BCUT2D eigenvalue weighted by Gasteiger charge is -2.38. The van der Waals surface area contributed by atoms with Crippen molar-refractivity contribution >= 4 is 29.2 Å². The number of fused-ring (bicyclic) bond motifs is 1. The summed E-state index contributed by atoms with van der Waals surface area (Å²) in [5.41, 5.74) is 1.71. The highest BCUT2D eigenvalue weighted by Gasteiger charge is 2.45. The van der Waals surface area contributed by atoms with E-state index in [9.17, 15) is 27.6 Å². The third-order valence-electron chi connectivity index (χ3n) is 8.68. The molecule has 4 aromatic rings. The van der Waals surface area contributed by atoms with Crippen LogP contribution < -0.4 is 15.5 Å². The Bertz CT molecular complexity index is 1960. The molecule has 50 heavy (non-hydrogen) atoms. The molecule has 0 bridgehead atoms. The zero-order valence-electron chi connectivity index (χ0n) is 27.5. The number of nitrogens with one attached hydrogen (secondary N) is 2. The van der Waals surface area contributed by atoms with Gasteiger partial charge in [0, 0.05) is 42.4 Å². The summed E-state index contributed by atoms with van der Waals surface area (Å²) in [5.74, 6) is 3.38. The monoisotopic (exact) mass is 684 g/mol. The van der Waals surface area contributed by atoms with Crippen molar-refractivity contribution in [2.24, 2.45) is 0 Å². The number of hydrogen-bond acceptors (Lipinski definition) is 6. The molecule has 3 heterocycles. The summed E-state index contributed by atoms with van der Waals surface area (Å²) in [6.07, 6.45) is -4.66. The van der Waals surface area contributed by atoms with E-state index < -0.39 is 41.4 Å². The van der Waals surface area contributed by atoms with Crippen molar-refractivity contribution in [1.29, 1.82) is 0 Å². The first-order valence-electron chi connectivity index (χ1n) is 16.2. The normalized spacial score (nSPS) is 17.8. The molecule has 0 spiro atoms. The lowest BCUT2D eigenvalue weighted by atomic mass is 9.81. The lowest BCUT2D eigenvalue weighted by Crippen LogP contribution is -2.55. The minimum atomic E-state index is -4.66. The molecule has 258 valence electrons.